The van der Waals surface area contributed by atoms with Crippen molar-refractivity contribution in [2.24, 2.45) is 10.9 Å². The highest BCUT2D eigenvalue weighted by Crippen LogP contribution is 2.08. The van der Waals surface area contributed by atoms with Gasteiger partial charge in [-0.1, -0.05) is 5.16 Å². The summed E-state index contributed by atoms with van der Waals surface area (Å²) in [5.41, 5.74) is 6.34. The summed E-state index contributed by atoms with van der Waals surface area (Å²) in [5, 5.41) is 11.3. The van der Waals surface area contributed by atoms with Gasteiger partial charge in [0.25, 0.3) is 0 Å². The maximum absolute atomic E-state index is 8.40. The van der Waals surface area contributed by atoms with Gasteiger partial charge in [-0.15, -0.1) is 0 Å². The van der Waals surface area contributed by atoms with Crippen LogP contribution in [0.1, 0.15) is 25.6 Å². The second-order valence-corrected chi connectivity index (χ2v) is 3.15. The minimum atomic E-state index is 0.197. The average molecular weight is 182 g/mol. The molecule has 0 saturated heterocycles. The van der Waals surface area contributed by atoms with E-state index in [9.17, 15) is 0 Å². The molecular formula is C8H14N4O. The third-order valence-corrected chi connectivity index (χ3v) is 1.79. The molecule has 0 spiro atoms. The molecule has 0 saturated carbocycles. The van der Waals surface area contributed by atoms with Crippen LogP contribution >= 0.6 is 0 Å². The van der Waals surface area contributed by atoms with Crippen LogP contribution in [0, 0.1) is 0 Å². The minimum absolute atomic E-state index is 0.197. The predicted molar refractivity (Wildman–Crippen MR) is 49.7 cm³/mol. The highest BCUT2D eigenvalue weighted by atomic mass is 16.4. The Bertz CT molecular complexity index is 303. The molecule has 5 heteroatoms. The third kappa shape index (κ3) is 2.21. The molecule has 0 aliphatic rings. The van der Waals surface area contributed by atoms with E-state index in [0.717, 1.165) is 5.69 Å². The number of imidazole rings is 1. The summed E-state index contributed by atoms with van der Waals surface area (Å²) < 4.78 is 1.98. The number of nitrogens with zero attached hydrogens (tertiary/aromatic N) is 3. The van der Waals surface area contributed by atoms with Crippen molar-refractivity contribution >= 4 is 5.84 Å². The lowest BCUT2D eigenvalue weighted by atomic mass is 10.3. The van der Waals surface area contributed by atoms with E-state index in [4.69, 9.17) is 10.9 Å². The molecule has 0 atom stereocenters. The highest BCUT2D eigenvalue weighted by molar-refractivity contribution is 5.81. The van der Waals surface area contributed by atoms with Crippen LogP contribution in [0.5, 0.6) is 0 Å². The highest BCUT2D eigenvalue weighted by Gasteiger charge is 2.06. The number of aromatic nitrogens is 2. The monoisotopic (exact) mass is 182 g/mol. The van der Waals surface area contributed by atoms with Gasteiger partial charge in [0.05, 0.1) is 12.7 Å². The lowest BCUT2D eigenvalue weighted by molar-refractivity contribution is 0.317. The maximum atomic E-state index is 8.40. The average Bonchev–Trinajstić information content (AvgIpc) is 2.52. The minimum Gasteiger partial charge on any atom is -0.409 e. The SMILES string of the molecule is CC(C)n1cncc1C/C(N)=N/O. The van der Waals surface area contributed by atoms with E-state index < -0.39 is 0 Å². The second-order valence-electron chi connectivity index (χ2n) is 3.15. The van der Waals surface area contributed by atoms with Crippen LogP contribution in [-0.2, 0) is 6.42 Å². The fraction of sp³-hybridized carbons (Fsp3) is 0.500. The van der Waals surface area contributed by atoms with Crippen LogP contribution < -0.4 is 5.73 Å². The molecule has 3 N–H and O–H groups in total. The van der Waals surface area contributed by atoms with Crippen LogP contribution in [0.3, 0.4) is 0 Å². The maximum Gasteiger partial charge on any atom is 0.145 e. The van der Waals surface area contributed by atoms with Crippen LogP contribution in [0.25, 0.3) is 0 Å². The second kappa shape index (κ2) is 3.93. The first-order chi connectivity index (χ1) is 6.15. The summed E-state index contributed by atoms with van der Waals surface area (Å²) in [6, 6.07) is 0.337. The van der Waals surface area contributed by atoms with Gasteiger partial charge >= 0.3 is 0 Å². The van der Waals surface area contributed by atoms with E-state index >= 15 is 0 Å². The zero-order valence-electron chi connectivity index (χ0n) is 7.81. The summed E-state index contributed by atoms with van der Waals surface area (Å²) in [4.78, 5) is 4.00. The molecule has 72 valence electrons. The number of amidine groups is 1. The van der Waals surface area contributed by atoms with Crippen molar-refractivity contribution in [2.45, 2.75) is 26.3 Å². The van der Waals surface area contributed by atoms with Gasteiger partial charge in [-0.2, -0.15) is 0 Å². The summed E-state index contributed by atoms with van der Waals surface area (Å²) in [6.45, 7) is 4.11. The third-order valence-electron chi connectivity index (χ3n) is 1.79. The molecule has 1 aromatic rings. The Labute approximate surface area is 76.9 Å². The number of hydrogen-bond donors (Lipinski definition) is 2. The zero-order chi connectivity index (χ0) is 9.84. The van der Waals surface area contributed by atoms with Gasteiger partial charge in [0.2, 0.25) is 0 Å². The van der Waals surface area contributed by atoms with Gasteiger partial charge in [-0.25, -0.2) is 4.98 Å². The smallest absolute Gasteiger partial charge is 0.145 e. The van der Waals surface area contributed by atoms with Gasteiger partial charge < -0.3 is 15.5 Å². The van der Waals surface area contributed by atoms with E-state index in [1.807, 2.05) is 4.57 Å². The first-order valence-electron chi connectivity index (χ1n) is 4.12. The molecule has 1 aromatic heterocycles. The first-order valence-corrected chi connectivity index (χ1v) is 4.12. The Hall–Kier alpha value is -1.52. The van der Waals surface area contributed by atoms with E-state index in [-0.39, 0.29) is 5.84 Å². The Morgan fingerprint density at radius 3 is 3.00 bits per heavy atom. The molecule has 0 unspecified atom stereocenters. The Morgan fingerprint density at radius 2 is 2.46 bits per heavy atom. The van der Waals surface area contributed by atoms with Crippen molar-refractivity contribution in [1.82, 2.24) is 9.55 Å². The topological polar surface area (TPSA) is 76.4 Å². The van der Waals surface area contributed by atoms with Crippen LogP contribution in [-0.4, -0.2) is 20.6 Å². The Kier molecular flexibility index (Phi) is 2.89. The molecule has 0 bridgehead atoms. The predicted octanol–water partition coefficient (Wildman–Crippen LogP) is 0.753. The largest absolute Gasteiger partial charge is 0.409 e. The normalized spacial score (nSPS) is 12.4. The van der Waals surface area contributed by atoms with Crippen LogP contribution in [0.15, 0.2) is 17.7 Å². The van der Waals surface area contributed by atoms with Gasteiger partial charge in [0.15, 0.2) is 0 Å². The van der Waals surface area contributed by atoms with E-state index in [1.54, 1.807) is 12.5 Å². The van der Waals surface area contributed by atoms with Crippen molar-refractivity contribution in [3.63, 3.8) is 0 Å². The van der Waals surface area contributed by atoms with E-state index in [1.165, 1.54) is 0 Å². The van der Waals surface area contributed by atoms with Crippen molar-refractivity contribution in [3.8, 4) is 0 Å². The molecular weight excluding hydrogens is 168 g/mol. The number of oxime groups is 1. The number of hydrogen-bond acceptors (Lipinski definition) is 3. The quantitative estimate of drug-likeness (QED) is 0.313. The van der Waals surface area contributed by atoms with Crippen molar-refractivity contribution in [3.05, 3.63) is 18.2 Å². The molecule has 0 aromatic carbocycles. The van der Waals surface area contributed by atoms with E-state index in [2.05, 4.69) is 24.0 Å². The lowest BCUT2D eigenvalue weighted by Gasteiger charge is -2.10. The lowest BCUT2D eigenvalue weighted by Crippen LogP contribution is -2.17. The van der Waals surface area contributed by atoms with Gasteiger partial charge in [-0.05, 0) is 13.8 Å². The molecule has 0 aliphatic carbocycles. The molecule has 0 aliphatic heterocycles. The zero-order valence-corrected chi connectivity index (χ0v) is 7.81. The first kappa shape index (κ1) is 9.57. The Balaban J connectivity index is 2.82. The summed E-state index contributed by atoms with van der Waals surface area (Å²) >= 11 is 0. The number of nitrogens with two attached hydrogens (primary N) is 1. The Morgan fingerprint density at radius 1 is 1.77 bits per heavy atom. The summed E-state index contributed by atoms with van der Waals surface area (Å²) in [7, 11) is 0. The van der Waals surface area contributed by atoms with Crippen LogP contribution in [0.4, 0.5) is 0 Å². The van der Waals surface area contributed by atoms with Crippen molar-refractivity contribution < 1.29 is 5.21 Å². The van der Waals surface area contributed by atoms with Crippen molar-refractivity contribution in [2.75, 3.05) is 0 Å². The van der Waals surface area contributed by atoms with Crippen LogP contribution in [0.2, 0.25) is 0 Å². The van der Waals surface area contributed by atoms with E-state index in [0.29, 0.717) is 12.5 Å². The standard InChI is InChI=1S/C8H14N4O/c1-6(2)12-5-10-4-7(12)3-8(9)11-13/h4-6,13H,3H2,1-2H3,(H2,9,11). The van der Waals surface area contributed by atoms with Crippen molar-refractivity contribution in [1.29, 1.82) is 0 Å². The fourth-order valence-electron chi connectivity index (χ4n) is 1.15. The number of rotatable bonds is 3. The van der Waals surface area contributed by atoms with Gasteiger partial charge in [0, 0.05) is 17.9 Å². The van der Waals surface area contributed by atoms with Gasteiger partial charge in [-0.3, -0.25) is 0 Å². The molecule has 1 rings (SSSR count). The summed E-state index contributed by atoms with van der Waals surface area (Å²) in [6.07, 6.45) is 3.89. The molecule has 0 amide bonds. The molecule has 13 heavy (non-hydrogen) atoms. The molecule has 1 heterocycles. The summed E-state index contributed by atoms with van der Waals surface area (Å²) in [5.74, 6) is 0.197. The molecule has 0 fully saturated rings. The van der Waals surface area contributed by atoms with Gasteiger partial charge in [0.1, 0.15) is 5.84 Å². The fourth-order valence-corrected chi connectivity index (χ4v) is 1.15. The molecule has 0 radical (unpaired) electrons. The molecule has 5 nitrogen and oxygen atoms in total.